The van der Waals surface area contributed by atoms with E-state index in [-0.39, 0.29) is 5.13 Å². The Morgan fingerprint density at radius 1 is 1.20 bits per heavy atom. The number of carbonyl (C=O) groups is 1. The van der Waals surface area contributed by atoms with Crippen molar-refractivity contribution in [3.05, 3.63) is 47.1 Å². The molecule has 10 nitrogen and oxygen atoms in total. The van der Waals surface area contributed by atoms with Crippen LogP contribution in [-0.4, -0.2) is 56.4 Å². The lowest BCUT2D eigenvalue weighted by atomic mass is 10.1. The van der Waals surface area contributed by atoms with Gasteiger partial charge in [0.2, 0.25) is 0 Å². The fraction of sp³-hybridized carbons (Fsp3) is 0.316. The number of benzene rings is 1. The van der Waals surface area contributed by atoms with Crippen molar-refractivity contribution in [2.75, 3.05) is 17.2 Å². The number of carbonyl (C=O) groups excluding carboxylic acids is 1. The molecule has 3 heterocycles. The molecule has 1 saturated heterocycles. The second kappa shape index (κ2) is 8.50. The Labute approximate surface area is 175 Å². The van der Waals surface area contributed by atoms with E-state index in [0.717, 1.165) is 16.9 Å². The molecule has 0 bridgehead atoms. The van der Waals surface area contributed by atoms with Gasteiger partial charge in [-0.2, -0.15) is 0 Å². The van der Waals surface area contributed by atoms with Gasteiger partial charge in [0.15, 0.2) is 10.9 Å². The molecule has 2 amide bonds. The van der Waals surface area contributed by atoms with Gasteiger partial charge in [-0.25, -0.2) is 9.78 Å². The van der Waals surface area contributed by atoms with Crippen LogP contribution in [0.2, 0.25) is 0 Å². The topological polar surface area (TPSA) is 150 Å². The minimum Gasteiger partial charge on any atom is -0.394 e. The summed E-state index contributed by atoms with van der Waals surface area (Å²) in [5.74, 6) is 0.439. The molecule has 30 heavy (non-hydrogen) atoms. The first-order chi connectivity index (χ1) is 14.5. The van der Waals surface area contributed by atoms with Gasteiger partial charge < -0.3 is 29.9 Å². The van der Waals surface area contributed by atoms with Crippen molar-refractivity contribution in [3.8, 4) is 11.3 Å². The van der Waals surface area contributed by atoms with Crippen molar-refractivity contribution in [1.29, 1.82) is 0 Å². The first-order valence-corrected chi connectivity index (χ1v) is 10.0. The average molecular weight is 432 g/mol. The SMILES string of the molecule is Cc1noc(-c2ccccc2)c1NC(=O)Nc1nc([C@@H]2O[C@H](CO)[C@@H](O)[C@H]2O)cs1. The number of anilines is 2. The summed E-state index contributed by atoms with van der Waals surface area (Å²) in [5.41, 5.74) is 2.09. The Kier molecular flexibility index (Phi) is 5.79. The molecule has 1 fully saturated rings. The summed E-state index contributed by atoms with van der Waals surface area (Å²) in [6.45, 7) is 1.29. The van der Waals surface area contributed by atoms with E-state index >= 15 is 0 Å². The molecule has 4 atom stereocenters. The molecule has 0 radical (unpaired) electrons. The van der Waals surface area contributed by atoms with Crippen LogP contribution >= 0.6 is 11.3 Å². The zero-order valence-corrected chi connectivity index (χ0v) is 16.7. The maximum absolute atomic E-state index is 12.5. The maximum atomic E-state index is 12.5. The molecule has 11 heteroatoms. The molecule has 1 aromatic carbocycles. The minimum atomic E-state index is -1.22. The van der Waals surface area contributed by atoms with E-state index < -0.39 is 37.1 Å². The fourth-order valence-corrected chi connectivity index (χ4v) is 3.89. The minimum absolute atomic E-state index is 0.274. The van der Waals surface area contributed by atoms with E-state index in [1.165, 1.54) is 0 Å². The number of hydrogen-bond donors (Lipinski definition) is 5. The zero-order valence-electron chi connectivity index (χ0n) is 15.8. The molecule has 0 saturated carbocycles. The lowest BCUT2D eigenvalue weighted by molar-refractivity contribution is -0.0237. The molecule has 5 N–H and O–H groups in total. The van der Waals surface area contributed by atoms with Crippen LogP contribution < -0.4 is 10.6 Å². The highest BCUT2D eigenvalue weighted by atomic mass is 32.1. The lowest BCUT2D eigenvalue weighted by Gasteiger charge is -2.11. The molecule has 4 rings (SSSR count). The van der Waals surface area contributed by atoms with E-state index in [0.29, 0.717) is 22.8 Å². The number of ether oxygens (including phenoxy) is 1. The highest BCUT2D eigenvalue weighted by molar-refractivity contribution is 7.14. The molecule has 1 aliphatic heterocycles. The number of aromatic nitrogens is 2. The molecular formula is C19H20N4O6S. The predicted octanol–water partition coefficient (Wildman–Crippen LogP) is 1.90. The number of hydrogen-bond acceptors (Lipinski definition) is 9. The van der Waals surface area contributed by atoms with Crippen LogP contribution in [0.3, 0.4) is 0 Å². The monoisotopic (exact) mass is 432 g/mol. The quantitative estimate of drug-likeness (QED) is 0.410. The normalized spacial score (nSPS) is 23.5. The van der Waals surface area contributed by atoms with Crippen molar-refractivity contribution in [2.45, 2.75) is 31.3 Å². The number of amides is 2. The first-order valence-electron chi connectivity index (χ1n) is 9.15. The Morgan fingerprint density at radius 2 is 1.97 bits per heavy atom. The molecular weight excluding hydrogens is 412 g/mol. The Bertz CT molecular complexity index is 1020. The third kappa shape index (κ3) is 3.93. The number of nitrogens with one attached hydrogen (secondary N) is 2. The van der Waals surface area contributed by atoms with E-state index in [1.54, 1.807) is 12.3 Å². The molecule has 0 spiro atoms. The average Bonchev–Trinajstić information content (AvgIpc) is 3.42. The zero-order chi connectivity index (χ0) is 21.3. The van der Waals surface area contributed by atoms with Crippen LogP contribution in [0.5, 0.6) is 0 Å². The Hall–Kier alpha value is -2.83. The Balaban J connectivity index is 1.45. The van der Waals surface area contributed by atoms with Crippen LogP contribution in [0.15, 0.2) is 40.2 Å². The van der Waals surface area contributed by atoms with Gasteiger partial charge in [0.25, 0.3) is 0 Å². The Morgan fingerprint density at radius 3 is 2.67 bits per heavy atom. The fourth-order valence-electron chi connectivity index (χ4n) is 3.16. The number of aliphatic hydroxyl groups excluding tert-OH is 3. The van der Waals surface area contributed by atoms with Gasteiger partial charge in [-0.05, 0) is 6.92 Å². The van der Waals surface area contributed by atoms with Crippen molar-refractivity contribution >= 4 is 28.2 Å². The van der Waals surface area contributed by atoms with Crippen LogP contribution in [0.25, 0.3) is 11.3 Å². The molecule has 0 unspecified atom stereocenters. The third-order valence-corrected chi connectivity index (χ3v) is 5.49. The predicted molar refractivity (Wildman–Crippen MR) is 108 cm³/mol. The van der Waals surface area contributed by atoms with Gasteiger partial charge >= 0.3 is 6.03 Å². The smallest absolute Gasteiger partial charge is 0.325 e. The lowest BCUT2D eigenvalue weighted by Crippen LogP contribution is -2.32. The van der Waals surface area contributed by atoms with Crippen LogP contribution in [-0.2, 0) is 4.74 Å². The van der Waals surface area contributed by atoms with Crippen molar-refractivity contribution in [3.63, 3.8) is 0 Å². The van der Waals surface area contributed by atoms with Gasteiger partial charge in [0, 0.05) is 10.9 Å². The number of thiazole rings is 1. The number of aryl methyl sites for hydroxylation is 1. The molecule has 2 aromatic heterocycles. The number of rotatable bonds is 5. The summed E-state index contributed by atoms with van der Waals surface area (Å²) in [6.07, 6.45) is -4.22. The van der Waals surface area contributed by atoms with E-state index in [1.807, 2.05) is 30.3 Å². The van der Waals surface area contributed by atoms with Crippen LogP contribution in [0.1, 0.15) is 17.5 Å². The number of urea groups is 1. The highest BCUT2D eigenvalue weighted by Gasteiger charge is 2.44. The molecule has 3 aromatic rings. The summed E-state index contributed by atoms with van der Waals surface area (Å²) in [4.78, 5) is 16.7. The van der Waals surface area contributed by atoms with Crippen molar-refractivity contribution in [1.82, 2.24) is 10.1 Å². The third-order valence-electron chi connectivity index (χ3n) is 4.71. The standard InChI is InChI=1S/C19H20N4O6S/c1-9-13(16(29-23-9)10-5-3-2-4-6-10)21-18(27)22-19-20-11(8-30-19)17-15(26)14(25)12(7-24)28-17/h2-6,8,12,14-15,17,24-26H,7H2,1H3,(H2,20,21,22,27)/t12-,14-,15-,17+/m1/s1. The summed E-state index contributed by atoms with van der Waals surface area (Å²) in [7, 11) is 0. The maximum Gasteiger partial charge on any atom is 0.325 e. The van der Waals surface area contributed by atoms with Gasteiger partial charge in [-0.1, -0.05) is 35.5 Å². The second-order valence-electron chi connectivity index (χ2n) is 6.75. The molecule has 0 aliphatic carbocycles. The van der Waals surface area contributed by atoms with E-state index in [4.69, 9.17) is 9.26 Å². The number of aliphatic hydroxyl groups is 3. The largest absolute Gasteiger partial charge is 0.394 e. The summed E-state index contributed by atoms with van der Waals surface area (Å²) >= 11 is 1.14. The summed E-state index contributed by atoms with van der Waals surface area (Å²) in [5, 5.41) is 40.3. The van der Waals surface area contributed by atoms with E-state index in [9.17, 15) is 20.1 Å². The van der Waals surface area contributed by atoms with Crippen molar-refractivity contribution in [2.24, 2.45) is 0 Å². The molecule has 158 valence electrons. The van der Waals surface area contributed by atoms with Gasteiger partial charge in [-0.15, -0.1) is 11.3 Å². The van der Waals surface area contributed by atoms with Gasteiger partial charge in [-0.3, -0.25) is 5.32 Å². The molecule has 1 aliphatic rings. The summed E-state index contributed by atoms with van der Waals surface area (Å²) in [6, 6.07) is 8.73. The van der Waals surface area contributed by atoms with Crippen molar-refractivity contribution < 1.29 is 29.4 Å². The number of nitrogens with zero attached hydrogens (tertiary/aromatic N) is 2. The second-order valence-corrected chi connectivity index (χ2v) is 7.61. The van der Waals surface area contributed by atoms with Crippen LogP contribution in [0.4, 0.5) is 15.6 Å². The summed E-state index contributed by atoms with van der Waals surface area (Å²) < 4.78 is 10.8. The first kappa shape index (κ1) is 20.4. The van der Waals surface area contributed by atoms with Gasteiger partial charge in [0.05, 0.1) is 12.3 Å². The van der Waals surface area contributed by atoms with E-state index in [2.05, 4.69) is 20.8 Å². The van der Waals surface area contributed by atoms with Gasteiger partial charge in [0.1, 0.15) is 35.8 Å². The van der Waals surface area contributed by atoms with Crippen LogP contribution in [0, 0.1) is 6.92 Å². The highest BCUT2D eigenvalue weighted by Crippen LogP contribution is 2.35.